The second-order valence-electron chi connectivity index (χ2n) is 5.58. The highest BCUT2D eigenvalue weighted by Crippen LogP contribution is 2.17. The molecule has 0 radical (unpaired) electrons. The number of amides is 2. The molecule has 5 nitrogen and oxygen atoms in total. The Hall–Kier alpha value is -2.53. The number of methoxy groups -OCH3 is 1. The van der Waals surface area contributed by atoms with Gasteiger partial charge in [0.25, 0.3) is 0 Å². The Kier molecular flexibility index (Phi) is 7.79. The van der Waals surface area contributed by atoms with Gasteiger partial charge < -0.3 is 20.1 Å². The van der Waals surface area contributed by atoms with Crippen LogP contribution in [0.5, 0.6) is 5.75 Å². The molecule has 25 heavy (non-hydrogen) atoms. The van der Waals surface area contributed by atoms with Gasteiger partial charge in [0.1, 0.15) is 5.75 Å². The first kappa shape index (κ1) is 18.8. The number of hydrogen-bond acceptors (Lipinski definition) is 3. The van der Waals surface area contributed by atoms with Crippen LogP contribution in [-0.4, -0.2) is 26.3 Å². The van der Waals surface area contributed by atoms with Gasteiger partial charge in [-0.3, -0.25) is 0 Å². The van der Waals surface area contributed by atoms with E-state index < -0.39 is 0 Å². The van der Waals surface area contributed by atoms with Crippen molar-refractivity contribution in [3.8, 4) is 5.75 Å². The number of hydrogen-bond donors (Lipinski definition) is 2. The number of benzene rings is 2. The fraction of sp³-hybridized carbons (Fsp3) is 0.350. The van der Waals surface area contributed by atoms with E-state index in [1.165, 1.54) is 0 Å². The van der Waals surface area contributed by atoms with E-state index in [1.807, 2.05) is 55.5 Å². The van der Waals surface area contributed by atoms with E-state index in [2.05, 4.69) is 10.6 Å². The molecule has 0 aliphatic carbocycles. The van der Waals surface area contributed by atoms with Gasteiger partial charge in [0.15, 0.2) is 0 Å². The quantitative estimate of drug-likeness (QED) is 0.735. The summed E-state index contributed by atoms with van der Waals surface area (Å²) in [5.41, 5.74) is 3.24. The maximum Gasteiger partial charge on any atom is 0.315 e. The first-order valence-corrected chi connectivity index (χ1v) is 8.52. The zero-order chi connectivity index (χ0) is 17.9. The van der Waals surface area contributed by atoms with E-state index in [0.29, 0.717) is 26.3 Å². The molecule has 0 fully saturated rings. The Bertz CT molecular complexity index is 673. The lowest BCUT2D eigenvalue weighted by atomic mass is 10.1. The second-order valence-corrected chi connectivity index (χ2v) is 5.58. The third-order valence-electron chi connectivity index (χ3n) is 3.89. The fourth-order valence-electron chi connectivity index (χ4n) is 2.54. The topological polar surface area (TPSA) is 59.6 Å². The second kappa shape index (κ2) is 10.4. The zero-order valence-corrected chi connectivity index (χ0v) is 14.9. The van der Waals surface area contributed by atoms with Gasteiger partial charge in [-0.15, -0.1) is 0 Å². The number of nitrogens with one attached hydrogen (secondary N) is 2. The number of carbonyl (C=O) groups is 1. The van der Waals surface area contributed by atoms with Crippen LogP contribution in [0.15, 0.2) is 48.5 Å². The van der Waals surface area contributed by atoms with Gasteiger partial charge in [-0.25, -0.2) is 4.79 Å². The predicted octanol–water partition coefficient (Wildman–Crippen LogP) is 3.27. The smallest absolute Gasteiger partial charge is 0.315 e. The van der Waals surface area contributed by atoms with Crippen LogP contribution in [0.1, 0.15) is 23.6 Å². The summed E-state index contributed by atoms with van der Waals surface area (Å²) >= 11 is 0. The van der Waals surface area contributed by atoms with Crippen molar-refractivity contribution in [3.63, 3.8) is 0 Å². The van der Waals surface area contributed by atoms with Gasteiger partial charge in [-0.1, -0.05) is 42.5 Å². The van der Waals surface area contributed by atoms with Crippen LogP contribution in [0.3, 0.4) is 0 Å². The first-order valence-electron chi connectivity index (χ1n) is 8.52. The van der Waals surface area contributed by atoms with Crippen LogP contribution in [0.4, 0.5) is 4.79 Å². The monoisotopic (exact) mass is 342 g/mol. The number of ether oxygens (including phenoxy) is 2. The Balaban J connectivity index is 1.77. The third-order valence-corrected chi connectivity index (χ3v) is 3.89. The van der Waals surface area contributed by atoms with E-state index >= 15 is 0 Å². The largest absolute Gasteiger partial charge is 0.496 e. The zero-order valence-electron chi connectivity index (χ0n) is 14.9. The molecule has 0 aliphatic heterocycles. The van der Waals surface area contributed by atoms with Crippen molar-refractivity contribution in [2.75, 3.05) is 20.3 Å². The van der Waals surface area contributed by atoms with Gasteiger partial charge in [0, 0.05) is 19.7 Å². The first-order chi connectivity index (χ1) is 12.2. The van der Waals surface area contributed by atoms with Crippen molar-refractivity contribution < 1.29 is 14.3 Å². The van der Waals surface area contributed by atoms with Crippen molar-refractivity contribution in [2.45, 2.75) is 26.5 Å². The molecule has 0 saturated heterocycles. The van der Waals surface area contributed by atoms with Crippen molar-refractivity contribution in [3.05, 3.63) is 65.2 Å². The highest BCUT2D eigenvalue weighted by molar-refractivity contribution is 5.73. The number of urea groups is 1. The molecule has 0 unspecified atom stereocenters. The molecule has 0 saturated carbocycles. The summed E-state index contributed by atoms with van der Waals surface area (Å²) in [6.07, 6.45) is 0.721. The number of carbonyl (C=O) groups excluding carboxylic acids is 1. The predicted molar refractivity (Wildman–Crippen MR) is 98.7 cm³/mol. The molecule has 2 aromatic carbocycles. The van der Waals surface area contributed by atoms with Gasteiger partial charge in [0.05, 0.1) is 13.7 Å². The molecular formula is C20H26N2O3. The van der Waals surface area contributed by atoms with Crippen molar-refractivity contribution in [2.24, 2.45) is 0 Å². The maximum atomic E-state index is 12.0. The molecule has 2 amide bonds. The Morgan fingerprint density at radius 2 is 1.64 bits per heavy atom. The van der Waals surface area contributed by atoms with Crippen LogP contribution >= 0.6 is 0 Å². The SMILES string of the molecule is CCOCc1ccccc1CNC(=O)NCCc1ccccc1OC. The van der Waals surface area contributed by atoms with E-state index in [4.69, 9.17) is 9.47 Å². The van der Waals surface area contributed by atoms with Crippen molar-refractivity contribution in [1.82, 2.24) is 10.6 Å². The minimum Gasteiger partial charge on any atom is -0.496 e. The molecule has 0 heterocycles. The highest BCUT2D eigenvalue weighted by Gasteiger charge is 2.06. The molecule has 0 atom stereocenters. The Labute approximate surface area is 149 Å². The summed E-state index contributed by atoms with van der Waals surface area (Å²) in [7, 11) is 1.65. The third kappa shape index (κ3) is 6.12. The average Bonchev–Trinajstić information content (AvgIpc) is 2.65. The molecule has 2 rings (SSSR count). The Morgan fingerprint density at radius 3 is 2.36 bits per heavy atom. The van der Waals surface area contributed by atoms with Crippen LogP contribution < -0.4 is 15.4 Å². The van der Waals surface area contributed by atoms with Gasteiger partial charge in [-0.2, -0.15) is 0 Å². The lowest BCUT2D eigenvalue weighted by molar-refractivity contribution is 0.133. The number of para-hydroxylation sites is 1. The fourth-order valence-corrected chi connectivity index (χ4v) is 2.54. The molecule has 2 aromatic rings. The molecular weight excluding hydrogens is 316 g/mol. The van der Waals surface area contributed by atoms with Gasteiger partial charge in [-0.05, 0) is 36.1 Å². The van der Waals surface area contributed by atoms with Crippen molar-refractivity contribution >= 4 is 6.03 Å². The minimum atomic E-state index is -0.180. The minimum absolute atomic E-state index is 0.180. The summed E-state index contributed by atoms with van der Waals surface area (Å²) in [6, 6.07) is 15.6. The standard InChI is InChI=1S/C20H26N2O3/c1-3-25-15-18-10-5-4-9-17(18)14-22-20(23)21-13-12-16-8-6-7-11-19(16)24-2/h4-11H,3,12-15H2,1-2H3,(H2,21,22,23). The van der Waals surface area contributed by atoms with Crippen LogP contribution in [0.25, 0.3) is 0 Å². The van der Waals surface area contributed by atoms with E-state index in [9.17, 15) is 4.79 Å². The summed E-state index contributed by atoms with van der Waals surface area (Å²) in [5, 5.41) is 5.77. The molecule has 0 aromatic heterocycles. The molecule has 5 heteroatoms. The Morgan fingerprint density at radius 1 is 0.960 bits per heavy atom. The molecule has 134 valence electrons. The van der Waals surface area contributed by atoms with E-state index in [0.717, 1.165) is 28.9 Å². The average molecular weight is 342 g/mol. The highest BCUT2D eigenvalue weighted by atomic mass is 16.5. The van der Waals surface area contributed by atoms with E-state index in [1.54, 1.807) is 7.11 Å². The van der Waals surface area contributed by atoms with Crippen molar-refractivity contribution in [1.29, 1.82) is 0 Å². The summed E-state index contributed by atoms with van der Waals surface area (Å²) in [6.45, 7) is 4.22. The normalized spacial score (nSPS) is 10.3. The van der Waals surface area contributed by atoms with Gasteiger partial charge >= 0.3 is 6.03 Å². The molecule has 0 spiro atoms. The summed E-state index contributed by atoms with van der Waals surface area (Å²) in [5.74, 6) is 0.842. The summed E-state index contributed by atoms with van der Waals surface area (Å²) < 4.78 is 10.8. The van der Waals surface area contributed by atoms with E-state index in [-0.39, 0.29) is 6.03 Å². The van der Waals surface area contributed by atoms with Crippen LogP contribution in [0, 0.1) is 0 Å². The maximum absolute atomic E-state index is 12.0. The lowest BCUT2D eigenvalue weighted by Gasteiger charge is -2.12. The molecule has 0 aliphatic rings. The van der Waals surface area contributed by atoms with Crippen LogP contribution in [-0.2, 0) is 24.3 Å². The number of rotatable bonds is 9. The lowest BCUT2D eigenvalue weighted by Crippen LogP contribution is -2.36. The summed E-state index contributed by atoms with van der Waals surface area (Å²) in [4.78, 5) is 12.0. The molecule has 2 N–H and O–H groups in total. The molecule has 0 bridgehead atoms. The van der Waals surface area contributed by atoms with Gasteiger partial charge in [0.2, 0.25) is 0 Å². The van der Waals surface area contributed by atoms with Crippen LogP contribution in [0.2, 0.25) is 0 Å².